The Hall–Kier alpha value is -2.61. The lowest BCUT2D eigenvalue weighted by atomic mass is 9.84. The summed E-state index contributed by atoms with van der Waals surface area (Å²) in [6.07, 6.45) is -0.239. The zero-order valence-corrected chi connectivity index (χ0v) is 15.1. The number of benzene rings is 1. The van der Waals surface area contributed by atoms with Crippen LogP contribution in [-0.2, 0) is 6.18 Å². The summed E-state index contributed by atoms with van der Waals surface area (Å²) in [4.78, 5) is 18.6. The molecular formula is C20H20F3N3O2. The largest absolute Gasteiger partial charge is 0.455 e. The standard InChI is InChI=1S/C20H20F3N3O2/c21-20(22,23)16-5-8-24-11-18(16)28-15-3-1-14(2-4-15)19(27)25-17-12-26-9-6-13(17)7-10-26/h1-5,8,11,13,17H,6-7,9-10,12H2,(H,25,27)/t17-/m0/s1. The van der Waals surface area contributed by atoms with Crippen molar-refractivity contribution in [3.63, 3.8) is 0 Å². The third-order valence-electron chi connectivity index (χ3n) is 5.41. The maximum atomic E-state index is 13.0. The second-order valence-electron chi connectivity index (χ2n) is 7.21. The minimum absolute atomic E-state index is 0.149. The number of alkyl halides is 3. The summed E-state index contributed by atoms with van der Waals surface area (Å²) in [5, 5.41) is 3.08. The minimum Gasteiger partial charge on any atom is -0.455 e. The summed E-state index contributed by atoms with van der Waals surface area (Å²) in [6.45, 7) is 3.06. The third-order valence-corrected chi connectivity index (χ3v) is 5.41. The highest BCUT2D eigenvalue weighted by Gasteiger charge is 2.35. The number of aromatic nitrogens is 1. The molecule has 8 heteroatoms. The van der Waals surface area contributed by atoms with Crippen LogP contribution < -0.4 is 10.1 Å². The molecule has 148 valence electrons. The van der Waals surface area contributed by atoms with Gasteiger partial charge in [-0.2, -0.15) is 13.2 Å². The molecule has 1 atom stereocenters. The number of nitrogens with zero attached hydrogens (tertiary/aromatic N) is 2. The fourth-order valence-corrected chi connectivity index (χ4v) is 3.88. The number of ether oxygens (including phenoxy) is 1. The number of carbonyl (C=O) groups is 1. The van der Waals surface area contributed by atoms with Gasteiger partial charge >= 0.3 is 6.18 Å². The lowest BCUT2D eigenvalue weighted by molar-refractivity contribution is -0.138. The summed E-state index contributed by atoms with van der Waals surface area (Å²) in [5.74, 6) is 0.169. The zero-order valence-electron chi connectivity index (χ0n) is 15.1. The van der Waals surface area contributed by atoms with Gasteiger partial charge in [0.05, 0.1) is 6.20 Å². The highest BCUT2D eigenvalue weighted by atomic mass is 19.4. The lowest BCUT2D eigenvalue weighted by Crippen LogP contribution is -2.57. The van der Waals surface area contributed by atoms with Crippen molar-refractivity contribution < 1.29 is 22.7 Å². The van der Waals surface area contributed by atoms with Crippen molar-refractivity contribution in [2.45, 2.75) is 25.1 Å². The van der Waals surface area contributed by atoms with Crippen molar-refractivity contribution in [1.29, 1.82) is 0 Å². The van der Waals surface area contributed by atoms with E-state index in [1.54, 1.807) is 12.1 Å². The molecule has 1 aromatic carbocycles. The quantitative estimate of drug-likeness (QED) is 0.863. The van der Waals surface area contributed by atoms with Gasteiger partial charge in [0.15, 0.2) is 5.75 Å². The normalized spacial score (nSPS) is 24.0. The number of rotatable bonds is 4. The maximum absolute atomic E-state index is 13.0. The second-order valence-corrected chi connectivity index (χ2v) is 7.21. The molecule has 1 amide bonds. The molecule has 4 heterocycles. The van der Waals surface area contributed by atoms with Crippen LogP contribution >= 0.6 is 0 Å². The van der Waals surface area contributed by atoms with E-state index in [4.69, 9.17) is 4.74 Å². The number of halogens is 3. The fraction of sp³-hybridized carbons (Fsp3) is 0.400. The van der Waals surface area contributed by atoms with E-state index in [2.05, 4.69) is 15.2 Å². The van der Waals surface area contributed by atoms with Gasteiger partial charge in [-0.1, -0.05) is 0 Å². The van der Waals surface area contributed by atoms with Crippen LogP contribution in [0.4, 0.5) is 13.2 Å². The number of hydrogen-bond donors (Lipinski definition) is 1. The van der Waals surface area contributed by atoms with Gasteiger partial charge in [-0.15, -0.1) is 0 Å². The van der Waals surface area contributed by atoms with Gasteiger partial charge in [-0.05, 0) is 62.2 Å². The van der Waals surface area contributed by atoms with E-state index in [0.717, 1.165) is 50.9 Å². The van der Waals surface area contributed by atoms with Gasteiger partial charge in [0.25, 0.3) is 5.91 Å². The van der Waals surface area contributed by atoms with Crippen LogP contribution in [0.5, 0.6) is 11.5 Å². The topological polar surface area (TPSA) is 54.5 Å². The number of piperidine rings is 3. The van der Waals surface area contributed by atoms with Crippen molar-refractivity contribution in [1.82, 2.24) is 15.2 Å². The first kappa shape index (κ1) is 18.7. The average Bonchev–Trinajstić information content (AvgIpc) is 2.69. The monoisotopic (exact) mass is 391 g/mol. The summed E-state index contributed by atoms with van der Waals surface area (Å²) in [7, 11) is 0. The van der Waals surface area contributed by atoms with E-state index in [0.29, 0.717) is 11.5 Å². The molecule has 1 aromatic heterocycles. The Balaban J connectivity index is 1.42. The van der Waals surface area contributed by atoms with Gasteiger partial charge in [0, 0.05) is 24.3 Å². The molecule has 28 heavy (non-hydrogen) atoms. The first-order chi connectivity index (χ1) is 13.4. The SMILES string of the molecule is O=C(N[C@H]1CN2CCC1CC2)c1ccc(Oc2cnccc2C(F)(F)F)cc1. The van der Waals surface area contributed by atoms with E-state index in [1.807, 2.05) is 0 Å². The highest BCUT2D eigenvalue weighted by Crippen LogP contribution is 2.37. The first-order valence-corrected chi connectivity index (χ1v) is 9.22. The van der Waals surface area contributed by atoms with Crippen LogP contribution in [0.2, 0.25) is 0 Å². The predicted molar refractivity (Wildman–Crippen MR) is 96.2 cm³/mol. The van der Waals surface area contributed by atoms with Crippen molar-refractivity contribution in [2.75, 3.05) is 19.6 Å². The molecule has 5 rings (SSSR count). The molecule has 3 aliphatic rings. The van der Waals surface area contributed by atoms with E-state index in [-0.39, 0.29) is 23.4 Å². The Morgan fingerprint density at radius 2 is 1.86 bits per heavy atom. The molecule has 0 saturated carbocycles. The van der Waals surface area contributed by atoms with Crippen molar-refractivity contribution >= 4 is 5.91 Å². The molecule has 3 aliphatic heterocycles. The Labute approximate surface area is 160 Å². The third kappa shape index (κ3) is 3.96. The van der Waals surface area contributed by atoms with E-state index in [9.17, 15) is 18.0 Å². The maximum Gasteiger partial charge on any atom is 0.420 e. The number of fused-ring (bicyclic) bond motifs is 3. The van der Waals surface area contributed by atoms with Gasteiger partial charge in [0.2, 0.25) is 0 Å². The predicted octanol–water partition coefficient (Wildman–Crippen LogP) is 3.72. The van der Waals surface area contributed by atoms with Crippen LogP contribution in [0, 0.1) is 5.92 Å². The number of pyridine rings is 1. The first-order valence-electron chi connectivity index (χ1n) is 9.22. The average molecular weight is 391 g/mol. The smallest absolute Gasteiger partial charge is 0.420 e. The van der Waals surface area contributed by atoms with Gasteiger partial charge in [-0.3, -0.25) is 9.78 Å². The summed E-state index contributed by atoms with van der Waals surface area (Å²) in [5.41, 5.74) is -0.447. The Kier molecular flexibility index (Phi) is 4.97. The van der Waals surface area contributed by atoms with Crippen molar-refractivity contribution in [3.8, 4) is 11.5 Å². The molecule has 2 bridgehead atoms. The molecule has 0 aliphatic carbocycles. The number of amides is 1. The van der Waals surface area contributed by atoms with Crippen molar-refractivity contribution in [3.05, 3.63) is 53.9 Å². The molecule has 2 aromatic rings. The van der Waals surface area contributed by atoms with Crippen LogP contribution in [0.15, 0.2) is 42.7 Å². The van der Waals surface area contributed by atoms with Crippen LogP contribution in [0.3, 0.4) is 0 Å². The van der Waals surface area contributed by atoms with Crippen LogP contribution in [0.25, 0.3) is 0 Å². The van der Waals surface area contributed by atoms with Crippen LogP contribution in [0.1, 0.15) is 28.8 Å². The van der Waals surface area contributed by atoms with Gasteiger partial charge in [0.1, 0.15) is 11.3 Å². The number of nitrogens with one attached hydrogen (secondary N) is 1. The molecule has 0 spiro atoms. The highest BCUT2D eigenvalue weighted by molar-refractivity contribution is 5.94. The Morgan fingerprint density at radius 1 is 1.14 bits per heavy atom. The molecule has 0 unspecified atom stereocenters. The summed E-state index contributed by atoms with van der Waals surface area (Å²) >= 11 is 0. The molecule has 3 fully saturated rings. The summed E-state index contributed by atoms with van der Waals surface area (Å²) in [6, 6.07) is 7.09. The van der Waals surface area contributed by atoms with Gasteiger partial charge in [-0.25, -0.2) is 0 Å². The molecule has 0 radical (unpaired) electrons. The van der Waals surface area contributed by atoms with E-state index < -0.39 is 11.7 Å². The Morgan fingerprint density at radius 3 is 2.46 bits per heavy atom. The number of carbonyl (C=O) groups excluding carboxylic acids is 1. The molecule has 5 nitrogen and oxygen atoms in total. The van der Waals surface area contributed by atoms with E-state index >= 15 is 0 Å². The lowest BCUT2D eigenvalue weighted by Gasteiger charge is -2.44. The van der Waals surface area contributed by atoms with Gasteiger partial charge < -0.3 is 15.0 Å². The zero-order chi connectivity index (χ0) is 19.7. The number of hydrogen-bond acceptors (Lipinski definition) is 4. The van der Waals surface area contributed by atoms with Crippen LogP contribution in [-0.4, -0.2) is 41.5 Å². The molecule has 1 N–H and O–H groups in total. The van der Waals surface area contributed by atoms with Crippen molar-refractivity contribution in [2.24, 2.45) is 5.92 Å². The molecular weight excluding hydrogens is 371 g/mol. The summed E-state index contributed by atoms with van der Waals surface area (Å²) < 4.78 is 44.5. The Bertz CT molecular complexity index is 847. The van der Waals surface area contributed by atoms with E-state index in [1.165, 1.54) is 12.1 Å². The molecule has 3 saturated heterocycles. The fourth-order valence-electron chi connectivity index (χ4n) is 3.88. The second kappa shape index (κ2) is 7.43. The minimum atomic E-state index is -4.53.